The topological polar surface area (TPSA) is 54.3 Å². The maximum Gasteiger partial charge on any atom is 0.387 e. The predicted molar refractivity (Wildman–Crippen MR) is 70.8 cm³/mol. The standard InChI is InChI=1S/C14H18F2N2O2/c1-3-11(6-7-17)18-9-10-4-5-12(19-2)13(8-10)20-14(15)16/h4-5,8,11,14,18H,3,6,9H2,1-2H3. The predicted octanol–water partition coefficient (Wildman–Crippen LogP) is 3.08. The monoisotopic (exact) mass is 284 g/mol. The Bertz CT molecular complexity index is 461. The third-order valence-corrected chi connectivity index (χ3v) is 2.87. The van der Waals surface area contributed by atoms with E-state index in [1.807, 2.05) is 6.92 Å². The highest BCUT2D eigenvalue weighted by atomic mass is 19.3. The van der Waals surface area contributed by atoms with E-state index in [0.29, 0.717) is 13.0 Å². The van der Waals surface area contributed by atoms with E-state index in [2.05, 4.69) is 16.1 Å². The molecule has 1 aromatic rings. The van der Waals surface area contributed by atoms with Gasteiger partial charge in [-0.3, -0.25) is 0 Å². The molecule has 0 bridgehead atoms. The van der Waals surface area contributed by atoms with Crippen LogP contribution in [0, 0.1) is 11.3 Å². The van der Waals surface area contributed by atoms with Crippen molar-refractivity contribution in [3.8, 4) is 17.6 Å². The summed E-state index contributed by atoms with van der Waals surface area (Å²) in [4.78, 5) is 0. The Hall–Kier alpha value is -1.87. The van der Waals surface area contributed by atoms with E-state index in [0.717, 1.165) is 12.0 Å². The van der Waals surface area contributed by atoms with Gasteiger partial charge >= 0.3 is 6.61 Å². The fourth-order valence-corrected chi connectivity index (χ4v) is 1.75. The molecule has 1 aromatic carbocycles. The number of rotatable bonds is 8. The fourth-order valence-electron chi connectivity index (χ4n) is 1.75. The van der Waals surface area contributed by atoms with Crippen molar-refractivity contribution in [3.05, 3.63) is 23.8 Å². The molecule has 0 fully saturated rings. The number of hydrogen-bond donors (Lipinski definition) is 1. The van der Waals surface area contributed by atoms with Gasteiger partial charge in [-0.05, 0) is 24.1 Å². The average Bonchev–Trinajstić information content (AvgIpc) is 2.43. The average molecular weight is 284 g/mol. The molecule has 6 heteroatoms. The van der Waals surface area contributed by atoms with Gasteiger partial charge in [0.2, 0.25) is 0 Å². The van der Waals surface area contributed by atoms with Crippen LogP contribution in [0.2, 0.25) is 0 Å². The molecule has 1 N–H and O–H groups in total. The molecule has 0 aliphatic rings. The number of alkyl halides is 2. The van der Waals surface area contributed by atoms with Crippen molar-refractivity contribution in [2.24, 2.45) is 0 Å². The van der Waals surface area contributed by atoms with Crippen molar-refractivity contribution in [3.63, 3.8) is 0 Å². The van der Waals surface area contributed by atoms with E-state index >= 15 is 0 Å². The highest BCUT2D eigenvalue weighted by molar-refractivity contribution is 5.43. The molecule has 0 aromatic heterocycles. The third kappa shape index (κ3) is 5.02. The van der Waals surface area contributed by atoms with E-state index < -0.39 is 6.61 Å². The third-order valence-electron chi connectivity index (χ3n) is 2.87. The van der Waals surface area contributed by atoms with Crippen LogP contribution in [0.4, 0.5) is 8.78 Å². The second-order valence-corrected chi connectivity index (χ2v) is 4.21. The molecule has 1 rings (SSSR count). The highest BCUT2D eigenvalue weighted by Gasteiger charge is 2.12. The molecule has 0 radical (unpaired) electrons. The molecule has 110 valence electrons. The highest BCUT2D eigenvalue weighted by Crippen LogP contribution is 2.29. The molecule has 1 unspecified atom stereocenters. The normalized spacial score (nSPS) is 12.0. The number of halogens is 2. The van der Waals surface area contributed by atoms with Gasteiger partial charge in [0, 0.05) is 12.6 Å². The van der Waals surface area contributed by atoms with Gasteiger partial charge in [0.15, 0.2) is 11.5 Å². The Labute approximate surface area is 117 Å². The van der Waals surface area contributed by atoms with Gasteiger partial charge in [-0.25, -0.2) is 0 Å². The number of nitriles is 1. The summed E-state index contributed by atoms with van der Waals surface area (Å²) < 4.78 is 34.0. The van der Waals surface area contributed by atoms with Crippen LogP contribution in [0.5, 0.6) is 11.5 Å². The Kier molecular flexibility index (Phi) is 6.74. The summed E-state index contributed by atoms with van der Waals surface area (Å²) in [6.45, 7) is -0.438. The number of nitrogens with zero attached hydrogens (tertiary/aromatic N) is 1. The molecular weight excluding hydrogens is 266 g/mol. The summed E-state index contributed by atoms with van der Waals surface area (Å²) in [5.41, 5.74) is 0.790. The minimum atomic E-state index is -2.89. The van der Waals surface area contributed by atoms with E-state index in [-0.39, 0.29) is 17.5 Å². The smallest absolute Gasteiger partial charge is 0.387 e. The lowest BCUT2D eigenvalue weighted by Gasteiger charge is -2.15. The van der Waals surface area contributed by atoms with Crippen molar-refractivity contribution in [2.75, 3.05) is 7.11 Å². The van der Waals surface area contributed by atoms with Gasteiger partial charge in [0.05, 0.1) is 19.6 Å². The van der Waals surface area contributed by atoms with E-state index in [4.69, 9.17) is 10.00 Å². The van der Waals surface area contributed by atoms with Gasteiger partial charge < -0.3 is 14.8 Å². The molecule has 0 saturated heterocycles. The van der Waals surface area contributed by atoms with Gasteiger partial charge in [0.25, 0.3) is 0 Å². The van der Waals surface area contributed by atoms with E-state index in [1.165, 1.54) is 13.2 Å². The molecule has 4 nitrogen and oxygen atoms in total. The van der Waals surface area contributed by atoms with Crippen LogP contribution in [-0.2, 0) is 6.54 Å². The Balaban J connectivity index is 2.73. The lowest BCUT2D eigenvalue weighted by molar-refractivity contribution is -0.0512. The largest absolute Gasteiger partial charge is 0.493 e. The zero-order chi connectivity index (χ0) is 15.0. The van der Waals surface area contributed by atoms with Crippen molar-refractivity contribution >= 4 is 0 Å². The van der Waals surface area contributed by atoms with Gasteiger partial charge in [-0.1, -0.05) is 13.0 Å². The Morgan fingerprint density at radius 1 is 1.35 bits per heavy atom. The zero-order valence-electron chi connectivity index (χ0n) is 11.5. The number of ether oxygens (including phenoxy) is 2. The maximum absolute atomic E-state index is 12.3. The van der Waals surface area contributed by atoms with Crippen LogP contribution in [0.3, 0.4) is 0 Å². The molecular formula is C14H18F2N2O2. The van der Waals surface area contributed by atoms with Crippen LogP contribution in [0.15, 0.2) is 18.2 Å². The zero-order valence-corrected chi connectivity index (χ0v) is 11.5. The van der Waals surface area contributed by atoms with Gasteiger partial charge in [-0.2, -0.15) is 14.0 Å². The quantitative estimate of drug-likeness (QED) is 0.797. The Morgan fingerprint density at radius 2 is 2.10 bits per heavy atom. The SMILES string of the molecule is CCC(CC#N)NCc1ccc(OC)c(OC(F)F)c1. The molecule has 0 amide bonds. The second-order valence-electron chi connectivity index (χ2n) is 4.21. The van der Waals surface area contributed by atoms with E-state index in [9.17, 15) is 8.78 Å². The Morgan fingerprint density at radius 3 is 2.65 bits per heavy atom. The van der Waals surface area contributed by atoms with Gasteiger partial charge in [0.1, 0.15) is 0 Å². The van der Waals surface area contributed by atoms with Crippen LogP contribution in [0.25, 0.3) is 0 Å². The van der Waals surface area contributed by atoms with Crippen molar-refractivity contribution in [1.29, 1.82) is 5.26 Å². The summed E-state index contributed by atoms with van der Waals surface area (Å²) in [6.07, 6.45) is 1.23. The van der Waals surface area contributed by atoms with Crippen LogP contribution in [-0.4, -0.2) is 19.8 Å². The van der Waals surface area contributed by atoms with Crippen molar-refractivity contribution < 1.29 is 18.3 Å². The summed E-state index contributed by atoms with van der Waals surface area (Å²) >= 11 is 0. The molecule has 0 spiro atoms. The minimum Gasteiger partial charge on any atom is -0.493 e. The minimum absolute atomic E-state index is 0.00938. The lowest BCUT2D eigenvalue weighted by atomic mass is 10.1. The molecule has 0 aliphatic heterocycles. The van der Waals surface area contributed by atoms with Crippen molar-refractivity contribution in [1.82, 2.24) is 5.32 Å². The molecule has 20 heavy (non-hydrogen) atoms. The summed E-state index contributed by atoms with van der Waals surface area (Å²) in [6, 6.07) is 7.05. The van der Waals surface area contributed by atoms with Crippen molar-refractivity contribution in [2.45, 2.75) is 39.0 Å². The summed E-state index contributed by atoms with van der Waals surface area (Å²) in [7, 11) is 1.39. The number of hydrogen-bond acceptors (Lipinski definition) is 4. The first-order valence-electron chi connectivity index (χ1n) is 6.32. The summed E-state index contributed by atoms with van der Waals surface area (Å²) in [5.74, 6) is 0.272. The molecule has 0 aliphatic carbocycles. The number of nitrogens with one attached hydrogen (secondary N) is 1. The van der Waals surface area contributed by atoms with E-state index in [1.54, 1.807) is 12.1 Å². The van der Waals surface area contributed by atoms with Gasteiger partial charge in [-0.15, -0.1) is 0 Å². The molecule has 0 heterocycles. The molecule has 1 atom stereocenters. The lowest BCUT2D eigenvalue weighted by Crippen LogP contribution is -2.27. The summed E-state index contributed by atoms with van der Waals surface area (Å²) in [5, 5.41) is 11.9. The number of methoxy groups -OCH3 is 1. The number of benzene rings is 1. The first-order valence-corrected chi connectivity index (χ1v) is 6.32. The second kappa shape index (κ2) is 8.33. The first kappa shape index (κ1) is 16.2. The molecule has 0 saturated carbocycles. The van der Waals surface area contributed by atoms with Crippen LogP contribution >= 0.6 is 0 Å². The first-order chi connectivity index (χ1) is 9.60. The van der Waals surface area contributed by atoms with Crippen LogP contribution < -0.4 is 14.8 Å². The maximum atomic E-state index is 12.3. The van der Waals surface area contributed by atoms with Crippen LogP contribution in [0.1, 0.15) is 25.3 Å². The fraction of sp³-hybridized carbons (Fsp3) is 0.500.